The van der Waals surface area contributed by atoms with Crippen molar-refractivity contribution in [3.8, 4) is 0 Å². The number of hydrogen-bond acceptors (Lipinski definition) is 4. The number of ether oxygens (including phenoxy) is 1. The minimum atomic E-state index is -0.0862. The van der Waals surface area contributed by atoms with Crippen molar-refractivity contribution in [1.82, 2.24) is 15.1 Å². The molecule has 156 valence electrons. The van der Waals surface area contributed by atoms with Crippen LogP contribution in [0.25, 0.3) is 0 Å². The largest absolute Gasteiger partial charge is 0.469 e. The van der Waals surface area contributed by atoms with Crippen LogP contribution in [0.4, 0.5) is 0 Å². The zero-order chi connectivity index (χ0) is 20.4. The van der Waals surface area contributed by atoms with E-state index in [1.54, 1.807) is 0 Å². The maximum atomic E-state index is 11.7. The molecule has 0 spiro atoms. The fourth-order valence-corrected chi connectivity index (χ4v) is 3.52. The van der Waals surface area contributed by atoms with Crippen LogP contribution >= 0.6 is 0 Å². The highest BCUT2D eigenvalue weighted by atomic mass is 16.5. The van der Waals surface area contributed by atoms with Crippen molar-refractivity contribution < 1.29 is 9.53 Å². The third kappa shape index (κ3) is 6.82. The fourth-order valence-electron chi connectivity index (χ4n) is 3.52. The number of likely N-dealkylation sites (tertiary alicyclic amines) is 1. The second-order valence-corrected chi connectivity index (χ2v) is 7.56. The number of nitrogens with one attached hydrogen (secondary N) is 1. The average Bonchev–Trinajstić information content (AvgIpc) is 2.73. The highest BCUT2D eigenvalue weighted by Crippen LogP contribution is 2.18. The zero-order valence-corrected chi connectivity index (χ0v) is 17.9. The molecule has 1 fully saturated rings. The van der Waals surface area contributed by atoms with Gasteiger partial charge in [-0.3, -0.25) is 14.7 Å². The highest BCUT2D eigenvalue weighted by molar-refractivity contribution is 5.80. The van der Waals surface area contributed by atoms with Crippen molar-refractivity contribution >= 4 is 11.9 Å². The van der Waals surface area contributed by atoms with Gasteiger partial charge in [-0.2, -0.15) is 0 Å². The van der Waals surface area contributed by atoms with Gasteiger partial charge in [0.05, 0.1) is 13.0 Å². The molecule has 1 saturated heterocycles. The van der Waals surface area contributed by atoms with E-state index in [4.69, 9.17) is 9.73 Å². The Kier molecular flexibility index (Phi) is 9.28. The van der Waals surface area contributed by atoms with Gasteiger partial charge in [0, 0.05) is 38.8 Å². The molecule has 1 aliphatic heterocycles. The molecule has 2 rings (SSSR count). The second-order valence-electron chi connectivity index (χ2n) is 7.56. The Hall–Kier alpha value is -2.08. The first-order valence-electron chi connectivity index (χ1n) is 10.4. The number of methoxy groups -OCH3 is 1. The number of aliphatic imine (C=N–C) groups is 1. The smallest absolute Gasteiger partial charge is 0.308 e. The zero-order valence-electron chi connectivity index (χ0n) is 17.9. The maximum absolute atomic E-state index is 11.7. The van der Waals surface area contributed by atoms with Gasteiger partial charge in [-0.05, 0) is 45.7 Å². The number of benzene rings is 1. The molecule has 0 aliphatic carbocycles. The summed E-state index contributed by atoms with van der Waals surface area (Å²) >= 11 is 0. The Morgan fingerprint density at radius 2 is 2.00 bits per heavy atom. The van der Waals surface area contributed by atoms with Gasteiger partial charge in [0.1, 0.15) is 0 Å². The standard InChI is InChI=1S/C22H36N4O2/c1-5-23-22(26-15-12-20(13-16-26)21(27)28-4)24-14-11-18(2)25(3)17-19-9-7-6-8-10-19/h6-10,18,20H,5,11-17H2,1-4H3,(H,23,24). The van der Waals surface area contributed by atoms with Crippen molar-refractivity contribution in [2.24, 2.45) is 10.9 Å². The predicted molar refractivity (Wildman–Crippen MR) is 114 cm³/mol. The van der Waals surface area contributed by atoms with Gasteiger partial charge in [-0.25, -0.2) is 0 Å². The van der Waals surface area contributed by atoms with Crippen LogP contribution in [-0.4, -0.2) is 68.1 Å². The molecule has 0 radical (unpaired) electrons. The van der Waals surface area contributed by atoms with Gasteiger partial charge in [0.15, 0.2) is 5.96 Å². The first-order valence-corrected chi connectivity index (χ1v) is 10.4. The lowest BCUT2D eigenvalue weighted by atomic mass is 9.97. The minimum Gasteiger partial charge on any atom is -0.469 e. The average molecular weight is 389 g/mol. The van der Waals surface area contributed by atoms with E-state index in [-0.39, 0.29) is 11.9 Å². The molecule has 0 amide bonds. The first kappa shape index (κ1) is 22.2. The van der Waals surface area contributed by atoms with Gasteiger partial charge >= 0.3 is 5.97 Å². The van der Waals surface area contributed by atoms with Crippen LogP contribution in [-0.2, 0) is 16.1 Å². The van der Waals surface area contributed by atoms with Gasteiger partial charge in [0.2, 0.25) is 0 Å². The number of hydrogen-bond donors (Lipinski definition) is 1. The van der Waals surface area contributed by atoms with E-state index in [2.05, 4.69) is 66.3 Å². The Morgan fingerprint density at radius 3 is 2.61 bits per heavy atom. The number of rotatable bonds is 8. The molecule has 1 N–H and O–H groups in total. The monoisotopic (exact) mass is 388 g/mol. The molecule has 1 aromatic carbocycles. The Bertz CT molecular complexity index is 612. The molecule has 0 bridgehead atoms. The quantitative estimate of drug-likeness (QED) is 0.422. The lowest BCUT2D eigenvalue weighted by Crippen LogP contribution is -2.46. The predicted octanol–water partition coefficient (Wildman–Crippen LogP) is 2.75. The van der Waals surface area contributed by atoms with Crippen LogP contribution in [0.15, 0.2) is 35.3 Å². The summed E-state index contributed by atoms with van der Waals surface area (Å²) in [5.41, 5.74) is 1.34. The van der Waals surface area contributed by atoms with E-state index in [9.17, 15) is 4.79 Å². The SMILES string of the molecule is CCNC(=NCCC(C)N(C)Cc1ccccc1)N1CCC(C(=O)OC)CC1. The van der Waals surface area contributed by atoms with Crippen LogP contribution in [0, 0.1) is 5.92 Å². The third-order valence-electron chi connectivity index (χ3n) is 5.50. The maximum Gasteiger partial charge on any atom is 0.308 e. The number of nitrogens with zero attached hydrogens (tertiary/aromatic N) is 3. The molecule has 1 aliphatic rings. The second kappa shape index (κ2) is 11.7. The van der Waals surface area contributed by atoms with E-state index in [1.807, 2.05) is 0 Å². The minimum absolute atomic E-state index is 0.0239. The Balaban J connectivity index is 1.82. The molecular weight excluding hydrogens is 352 g/mol. The molecule has 6 heteroatoms. The van der Waals surface area contributed by atoms with E-state index < -0.39 is 0 Å². The molecule has 28 heavy (non-hydrogen) atoms. The van der Waals surface area contributed by atoms with Crippen molar-refractivity contribution in [3.05, 3.63) is 35.9 Å². The number of piperidine rings is 1. The van der Waals surface area contributed by atoms with Crippen LogP contribution < -0.4 is 5.32 Å². The molecule has 0 saturated carbocycles. The van der Waals surface area contributed by atoms with E-state index in [0.29, 0.717) is 6.04 Å². The normalized spacial score (nSPS) is 16.9. The topological polar surface area (TPSA) is 57.2 Å². The molecule has 1 unspecified atom stereocenters. The number of esters is 1. The van der Waals surface area contributed by atoms with Crippen LogP contribution in [0.2, 0.25) is 0 Å². The van der Waals surface area contributed by atoms with E-state index >= 15 is 0 Å². The van der Waals surface area contributed by atoms with E-state index in [1.165, 1.54) is 12.7 Å². The van der Waals surface area contributed by atoms with Gasteiger partial charge in [-0.15, -0.1) is 0 Å². The molecular formula is C22H36N4O2. The van der Waals surface area contributed by atoms with Crippen LogP contribution in [0.1, 0.15) is 38.7 Å². The van der Waals surface area contributed by atoms with Crippen LogP contribution in [0.3, 0.4) is 0 Å². The summed E-state index contributed by atoms with van der Waals surface area (Å²) in [6, 6.07) is 11.0. The van der Waals surface area contributed by atoms with E-state index in [0.717, 1.165) is 57.9 Å². The molecule has 0 aromatic heterocycles. The van der Waals surface area contributed by atoms with Crippen LogP contribution in [0.5, 0.6) is 0 Å². The number of carbonyl (C=O) groups is 1. The van der Waals surface area contributed by atoms with Gasteiger partial charge in [-0.1, -0.05) is 30.3 Å². The first-order chi connectivity index (χ1) is 13.5. The lowest BCUT2D eigenvalue weighted by Gasteiger charge is -2.33. The molecule has 6 nitrogen and oxygen atoms in total. The Morgan fingerprint density at radius 1 is 1.32 bits per heavy atom. The molecule has 1 aromatic rings. The lowest BCUT2D eigenvalue weighted by molar-refractivity contribution is -0.146. The summed E-state index contributed by atoms with van der Waals surface area (Å²) in [5.74, 6) is 0.899. The summed E-state index contributed by atoms with van der Waals surface area (Å²) in [6.45, 7) is 8.62. The van der Waals surface area contributed by atoms with Crippen molar-refractivity contribution in [3.63, 3.8) is 0 Å². The number of carbonyl (C=O) groups excluding carboxylic acids is 1. The summed E-state index contributed by atoms with van der Waals surface area (Å²) in [4.78, 5) is 21.2. The van der Waals surface area contributed by atoms with Crippen molar-refractivity contribution in [1.29, 1.82) is 0 Å². The van der Waals surface area contributed by atoms with Crippen molar-refractivity contribution in [2.75, 3.05) is 40.3 Å². The summed E-state index contributed by atoms with van der Waals surface area (Å²) in [7, 11) is 3.64. The highest BCUT2D eigenvalue weighted by Gasteiger charge is 2.26. The third-order valence-corrected chi connectivity index (χ3v) is 5.50. The molecule has 1 atom stereocenters. The molecule has 1 heterocycles. The fraction of sp³-hybridized carbons (Fsp3) is 0.636. The summed E-state index contributed by atoms with van der Waals surface area (Å²) in [5, 5.41) is 3.40. The summed E-state index contributed by atoms with van der Waals surface area (Å²) in [6.07, 6.45) is 2.66. The van der Waals surface area contributed by atoms with Gasteiger partial charge in [0.25, 0.3) is 0 Å². The number of guanidine groups is 1. The van der Waals surface area contributed by atoms with Crippen molar-refractivity contribution in [2.45, 2.75) is 45.7 Å². The van der Waals surface area contributed by atoms with Gasteiger partial charge < -0.3 is 15.0 Å². The summed E-state index contributed by atoms with van der Waals surface area (Å²) < 4.78 is 4.88. The Labute approximate surface area is 170 Å².